The SMILES string of the molecule is CCOc1ccccc1CNC(=O)c1ccc(C)c(S(=O)(=O)Nc2ccccc2)c1. The van der Waals surface area contributed by atoms with E-state index in [4.69, 9.17) is 4.74 Å². The van der Waals surface area contributed by atoms with Crippen LogP contribution in [0, 0.1) is 6.92 Å². The van der Waals surface area contributed by atoms with Crippen molar-refractivity contribution in [1.82, 2.24) is 5.32 Å². The topological polar surface area (TPSA) is 84.5 Å². The number of hydrogen-bond acceptors (Lipinski definition) is 4. The number of rotatable bonds is 8. The summed E-state index contributed by atoms with van der Waals surface area (Å²) >= 11 is 0. The number of para-hydroxylation sites is 2. The summed E-state index contributed by atoms with van der Waals surface area (Å²) in [5, 5.41) is 2.83. The number of carbonyl (C=O) groups is 1. The molecule has 0 spiro atoms. The van der Waals surface area contributed by atoms with Gasteiger partial charge in [0.05, 0.1) is 11.5 Å². The maximum atomic E-state index is 12.8. The molecule has 0 atom stereocenters. The first kappa shape index (κ1) is 21.4. The highest BCUT2D eigenvalue weighted by atomic mass is 32.2. The highest BCUT2D eigenvalue weighted by Crippen LogP contribution is 2.21. The molecule has 0 unspecified atom stereocenters. The maximum Gasteiger partial charge on any atom is 0.262 e. The van der Waals surface area contributed by atoms with Crippen LogP contribution < -0.4 is 14.8 Å². The smallest absolute Gasteiger partial charge is 0.262 e. The fraction of sp³-hybridized carbons (Fsp3) is 0.174. The van der Waals surface area contributed by atoms with Gasteiger partial charge >= 0.3 is 0 Å². The van der Waals surface area contributed by atoms with Gasteiger partial charge in [-0.05, 0) is 49.7 Å². The van der Waals surface area contributed by atoms with E-state index in [1.54, 1.807) is 49.4 Å². The molecule has 0 fully saturated rings. The van der Waals surface area contributed by atoms with Gasteiger partial charge in [-0.15, -0.1) is 0 Å². The van der Waals surface area contributed by atoms with Crippen LogP contribution in [-0.2, 0) is 16.6 Å². The number of ether oxygens (including phenoxy) is 1. The Morgan fingerprint density at radius 3 is 2.40 bits per heavy atom. The molecule has 30 heavy (non-hydrogen) atoms. The van der Waals surface area contributed by atoms with Gasteiger partial charge in [0.15, 0.2) is 0 Å². The number of amides is 1. The minimum absolute atomic E-state index is 0.0636. The summed E-state index contributed by atoms with van der Waals surface area (Å²) < 4.78 is 33.8. The van der Waals surface area contributed by atoms with Crippen LogP contribution in [0.15, 0.2) is 77.7 Å². The fourth-order valence-electron chi connectivity index (χ4n) is 2.97. The van der Waals surface area contributed by atoms with Gasteiger partial charge in [-0.2, -0.15) is 0 Å². The van der Waals surface area contributed by atoms with Crippen molar-refractivity contribution in [3.8, 4) is 5.75 Å². The third-order valence-corrected chi connectivity index (χ3v) is 6.00. The van der Waals surface area contributed by atoms with Gasteiger partial charge in [-0.3, -0.25) is 9.52 Å². The molecular formula is C23H24N2O4S. The summed E-state index contributed by atoms with van der Waals surface area (Å²) in [5.74, 6) is 0.344. The van der Waals surface area contributed by atoms with E-state index in [0.717, 1.165) is 5.56 Å². The summed E-state index contributed by atoms with van der Waals surface area (Å²) in [6, 6.07) is 20.7. The van der Waals surface area contributed by atoms with Crippen molar-refractivity contribution in [1.29, 1.82) is 0 Å². The molecule has 1 amide bonds. The highest BCUT2D eigenvalue weighted by Gasteiger charge is 2.19. The molecule has 3 aromatic rings. The largest absolute Gasteiger partial charge is 0.494 e. The molecule has 0 radical (unpaired) electrons. The summed E-state index contributed by atoms with van der Waals surface area (Å²) in [6.45, 7) is 4.39. The second-order valence-corrected chi connectivity index (χ2v) is 8.33. The number of aryl methyl sites for hydroxylation is 1. The lowest BCUT2D eigenvalue weighted by atomic mass is 10.1. The summed E-state index contributed by atoms with van der Waals surface area (Å²) in [6.07, 6.45) is 0. The molecule has 3 aromatic carbocycles. The lowest BCUT2D eigenvalue weighted by Gasteiger charge is -2.13. The van der Waals surface area contributed by atoms with Crippen LogP contribution in [-0.4, -0.2) is 20.9 Å². The molecule has 0 bridgehead atoms. The predicted molar refractivity (Wildman–Crippen MR) is 117 cm³/mol. The van der Waals surface area contributed by atoms with Gasteiger partial charge < -0.3 is 10.1 Å². The van der Waals surface area contributed by atoms with Crippen LogP contribution in [0.25, 0.3) is 0 Å². The first-order valence-corrected chi connectivity index (χ1v) is 11.1. The van der Waals surface area contributed by atoms with E-state index in [-0.39, 0.29) is 22.9 Å². The summed E-state index contributed by atoms with van der Waals surface area (Å²) in [4.78, 5) is 12.7. The lowest BCUT2D eigenvalue weighted by Crippen LogP contribution is -2.24. The molecule has 7 heteroatoms. The van der Waals surface area contributed by atoms with Crippen LogP contribution in [0.2, 0.25) is 0 Å². The Morgan fingerprint density at radius 2 is 1.67 bits per heavy atom. The second-order valence-electron chi connectivity index (χ2n) is 6.68. The minimum Gasteiger partial charge on any atom is -0.494 e. The van der Waals surface area contributed by atoms with E-state index in [0.29, 0.717) is 23.6 Å². The van der Waals surface area contributed by atoms with Gasteiger partial charge in [0.25, 0.3) is 15.9 Å². The Kier molecular flexibility index (Phi) is 6.74. The molecule has 0 heterocycles. The van der Waals surface area contributed by atoms with Crippen molar-refractivity contribution in [3.05, 3.63) is 89.5 Å². The normalized spacial score (nSPS) is 11.0. The number of benzene rings is 3. The van der Waals surface area contributed by atoms with E-state index in [1.807, 2.05) is 31.2 Å². The number of sulfonamides is 1. The number of hydrogen-bond donors (Lipinski definition) is 2. The quantitative estimate of drug-likeness (QED) is 0.570. The van der Waals surface area contributed by atoms with Gasteiger partial charge in [0, 0.05) is 23.4 Å². The molecule has 6 nitrogen and oxygen atoms in total. The highest BCUT2D eigenvalue weighted by molar-refractivity contribution is 7.92. The number of nitrogens with one attached hydrogen (secondary N) is 2. The van der Waals surface area contributed by atoms with E-state index in [9.17, 15) is 13.2 Å². The first-order valence-electron chi connectivity index (χ1n) is 9.58. The Labute approximate surface area is 177 Å². The predicted octanol–water partition coefficient (Wildman–Crippen LogP) is 4.12. The average Bonchev–Trinajstić information content (AvgIpc) is 2.73. The van der Waals surface area contributed by atoms with E-state index in [1.165, 1.54) is 6.07 Å². The van der Waals surface area contributed by atoms with Crippen LogP contribution in [0.5, 0.6) is 5.75 Å². The fourth-order valence-corrected chi connectivity index (χ4v) is 4.30. The third-order valence-electron chi connectivity index (χ3n) is 4.48. The Hall–Kier alpha value is -3.32. The molecule has 0 aliphatic carbocycles. The van der Waals surface area contributed by atoms with Gasteiger partial charge in [0.1, 0.15) is 5.75 Å². The molecular weight excluding hydrogens is 400 g/mol. The van der Waals surface area contributed by atoms with Crippen molar-refractivity contribution in [2.24, 2.45) is 0 Å². The molecule has 0 aliphatic rings. The molecule has 3 rings (SSSR count). The lowest BCUT2D eigenvalue weighted by molar-refractivity contribution is 0.0950. The Balaban J connectivity index is 1.78. The summed E-state index contributed by atoms with van der Waals surface area (Å²) in [7, 11) is -3.83. The van der Waals surface area contributed by atoms with E-state index >= 15 is 0 Å². The Morgan fingerprint density at radius 1 is 0.967 bits per heavy atom. The Bertz CT molecular complexity index is 1130. The van der Waals surface area contributed by atoms with Gasteiger partial charge in [-0.1, -0.05) is 42.5 Å². The molecule has 0 aromatic heterocycles. The number of carbonyl (C=O) groups excluding carboxylic acids is 1. The van der Waals surface area contributed by atoms with Crippen molar-refractivity contribution in [3.63, 3.8) is 0 Å². The van der Waals surface area contributed by atoms with E-state index < -0.39 is 10.0 Å². The maximum absolute atomic E-state index is 12.8. The van der Waals surface area contributed by atoms with Crippen LogP contribution in [0.1, 0.15) is 28.4 Å². The molecule has 156 valence electrons. The molecule has 0 aliphatic heterocycles. The second kappa shape index (κ2) is 9.45. The monoisotopic (exact) mass is 424 g/mol. The van der Waals surface area contributed by atoms with Crippen molar-refractivity contribution in [2.75, 3.05) is 11.3 Å². The zero-order valence-corrected chi connectivity index (χ0v) is 17.7. The van der Waals surface area contributed by atoms with Crippen LogP contribution in [0.4, 0.5) is 5.69 Å². The van der Waals surface area contributed by atoms with Crippen molar-refractivity contribution >= 4 is 21.6 Å². The van der Waals surface area contributed by atoms with Crippen molar-refractivity contribution in [2.45, 2.75) is 25.3 Å². The third kappa shape index (κ3) is 5.18. The first-order chi connectivity index (χ1) is 14.4. The zero-order valence-electron chi connectivity index (χ0n) is 16.9. The molecule has 2 N–H and O–H groups in total. The van der Waals surface area contributed by atoms with Gasteiger partial charge in [0.2, 0.25) is 0 Å². The standard InChI is InChI=1S/C23H24N2O4S/c1-3-29-21-12-8-7-9-19(21)16-24-23(26)18-14-13-17(2)22(15-18)30(27,28)25-20-10-5-4-6-11-20/h4-15,25H,3,16H2,1-2H3,(H,24,26). The molecule has 0 saturated heterocycles. The van der Waals surface area contributed by atoms with Crippen molar-refractivity contribution < 1.29 is 17.9 Å². The number of anilines is 1. The zero-order chi connectivity index (χ0) is 21.6. The van der Waals surface area contributed by atoms with Gasteiger partial charge in [-0.25, -0.2) is 8.42 Å². The molecule has 0 saturated carbocycles. The average molecular weight is 425 g/mol. The minimum atomic E-state index is -3.83. The summed E-state index contributed by atoms with van der Waals surface area (Å²) in [5.41, 5.74) is 2.12. The van der Waals surface area contributed by atoms with Crippen LogP contribution >= 0.6 is 0 Å². The van der Waals surface area contributed by atoms with E-state index in [2.05, 4.69) is 10.0 Å². The van der Waals surface area contributed by atoms with Crippen LogP contribution in [0.3, 0.4) is 0 Å².